The van der Waals surface area contributed by atoms with Crippen LogP contribution in [0.5, 0.6) is 0 Å². The molecule has 3 rings (SSSR count). The van der Waals surface area contributed by atoms with E-state index in [2.05, 4.69) is 37.8 Å². The van der Waals surface area contributed by atoms with Gasteiger partial charge in [-0.3, -0.25) is 9.69 Å². The maximum absolute atomic E-state index is 12.7. The van der Waals surface area contributed by atoms with Crippen molar-refractivity contribution in [2.24, 2.45) is 5.41 Å². The molecular formula is C22H33ClN2O. The smallest absolute Gasteiger partial charge is 0.228 e. The van der Waals surface area contributed by atoms with Crippen LogP contribution in [0.4, 0.5) is 0 Å². The van der Waals surface area contributed by atoms with Gasteiger partial charge in [0.15, 0.2) is 0 Å². The monoisotopic (exact) mass is 376 g/mol. The van der Waals surface area contributed by atoms with Gasteiger partial charge in [-0.15, -0.1) is 0 Å². The molecule has 1 aromatic rings. The van der Waals surface area contributed by atoms with Gasteiger partial charge in [-0.2, -0.15) is 0 Å². The molecule has 2 heterocycles. The predicted molar refractivity (Wildman–Crippen MR) is 108 cm³/mol. The highest BCUT2D eigenvalue weighted by Crippen LogP contribution is 2.41. The minimum atomic E-state index is -0.340. The highest BCUT2D eigenvalue weighted by atomic mass is 35.5. The van der Waals surface area contributed by atoms with E-state index in [-0.39, 0.29) is 16.9 Å². The molecule has 1 aromatic carbocycles. The lowest BCUT2D eigenvalue weighted by molar-refractivity contribution is -0.140. The van der Waals surface area contributed by atoms with Crippen LogP contribution in [-0.4, -0.2) is 34.3 Å². The number of likely N-dealkylation sites (tertiary alicyclic amines) is 1. The molecule has 0 aliphatic carbocycles. The molecule has 1 atom stereocenters. The van der Waals surface area contributed by atoms with Gasteiger partial charge >= 0.3 is 0 Å². The fraction of sp³-hybridized carbons (Fsp3) is 0.682. The van der Waals surface area contributed by atoms with E-state index in [9.17, 15) is 4.79 Å². The maximum Gasteiger partial charge on any atom is 0.228 e. The van der Waals surface area contributed by atoms with E-state index in [1.54, 1.807) is 0 Å². The van der Waals surface area contributed by atoms with Gasteiger partial charge in [0.1, 0.15) is 0 Å². The molecule has 0 N–H and O–H groups in total. The summed E-state index contributed by atoms with van der Waals surface area (Å²) in [5.41, 5.74) is 3.86. The third-order valence-electron chi connectivity index (χ3n) is 5.74. The summed E-state index contributed by atoms with van der Waals surface area (Å²) in [7, 11) is 0. The van der Waals surface area contributed by atoms with Gasteiger partial charge in [-0.05, 0) is 75.4 Å². The van der Waals surface area contributed by atoms with Gasteiger partial charge in [0.2, 0.25) is 5.91 Å². The number of carbonyl (C=O) groups is 1. The Hall–Kier alpha value is -1.06. The molecule has 2 aliphatic rings. The van der Waals surface area contributed by atoms with Crippen molar-refractivity contribution in [1.29, 1.82) is 0 Å². The summed E-state index contributed by atoms with van der Waals surface area (Å²) in [5, 5.41) is 0.796. The third kappa shape index (κ3) is 3.80. The van der Waals surface area contributed by atoms with Crippen LogP contribution in [0.2, 0.25) is 5.02 Å². The molecule has 0 spiro atoms. The Morgan fingerprint density at radius 2 is 1.81 bits per heavy atom. The number of hydrogen-bond donors (Lipinski definition) is 0. The molecular weight excluding hydrogens is 344 g/mol. The normalized spacial score (nSPS) is 21.8. The number of benzene rings is 1. The third-order valence-corrected chi connectivity index (χ3v) is 5.95. The van der Waals surface area contributed by atoms with Gasteiger partial charge in [-0.25, -0.2) is 0 Å². The Labute approximate surface area is 163 Å². The van der Waals surface area contributed by atoms with Crippen molar-refractivity contribution in [3.8, 4) is 0 Å². The number of amides is 1. The first kappa shape index (κ1) is 19.7. The predicted octanol–water partition coefficient (Wildman–Crippen LogP) is 5.21. The van der Waals surface area contributed by atoms with E-state index in [0.717, 1.165) is 24.5 Å². The van der Waals surface area contributed by atoms with Gasteiger partial charge in [0, 0.05) is 35.1 Å². The van der Waals surface area contributed by atoms with Crippen molar-refractivity contribution in [2.45, 2.75) is 78.9 Å². The molecule has 3 nitrogen and oxygen atoms in total. The van der Waals surface area contributed by atoms with Gasteiger partial charge < -0.3 is 4.90 Å². The number of rotatable bonds is 1. The molecule has 2 aliphatic heterocycles. The second-order valence-electron chi connectivity index (χ2n) is 9.88. The van der Waals surface area contributed by atoms with E-state index in [1.807, 2.05) is 25.7 Å². The number of carbonyl (C=O) groups excluding carboxylic acids is 1. The zero-order valence-corrected chi connectivity index (χ0v) is 17.9. The zero-order chi connectivity index (χ0) is 19.3. The molecule has 0 radical (unpaired) electrons. The van der Waals surface area contributed by atoms with Crippen molar-refractivity contribution < 1.29 is 4.79 Å². The number of hydrogen-bond acceptors (Lipinski definition) is 2. The number of halogens is 1. The van der Waals surface area contributed by atoms with Crippen LogP contribution in [0, 0.1) is 5.41 Å². The van der Waals surface area contributed by atoms with Crippen molar-refractivity contribution in [3.05, 3.63) is 33.8 Å². The summed E-state index contributed by atoms with van der Waals surface area (Å²) in [6.45, 7) is 15.5. The van der Waals surface area contributed by atoms with Crippen molar-refractivity contribution in [3.63, 3.8) is 0 Å². The lowest BCUT2D eigenvalue weighted by Crippen LogP contribution is -2.43. The first-order chi connectivity index (χ1) is 12.0. The standard InChI is InChI=1S/C22H33ClN2O/c1-21(2,3)20(26)24-11-9-17-15(14-24)12-16(23)13-18(17)19-8-7-10-25(19)22(4,5)6/h12-13,19H,7-11,14H2,1-6H3/t19-/m0/s1. The Morgan fingerprint density at radius 3 is 2.42 bits per heavy atom. The molecule has 0 unspecified atom stereocenters. The molecule has 1 saturated heterocycles. The summed E-state index contributed by atoms with van der Waals surface area (Å²) >= 11 is 6.52. The minimum Gasteiger partial charge on any atom is -0.338 e. The topological polar surface area (TPSA) is 23.6 Å². The van der Waals surface area contributed by atoms with Crippen LogP contribution in [0.15, 0.2) is 12.1 Å². The summed E-state index contributed by atoms with van der Waals surface area (Å²) in [4.78, 5) is 17.3. The Kier molecular flexibility index (Phi) is 5.18. The second-order valence-corrected chi connectivity index (χ2v) is 10.3. The van der Waals surface area contributed by atoms with Gasteiger partial charge in [-0.1, -0.05) is 32.4 Å². The Bertz CT molecular complexity index is 699. The highest BCUT2D eigenvalue weighted by molar-refractivity contribution is 6.30. The molecule has 144 valence electrons. The summed E-state index contributed by atoms with van der Waals surface area (Å²) in [6.07, 6.45) is 3.35. The molecule has 0 saturated carbocycles. The lowest BCUT2D eigenvalue weighted by Gasteiger charge is -2.40. The van der Waals surface area contributed by atoms with Crippen molar-refractivity contribution >= 4 is 17.5 Å². The van der Waals surface area contributed by atoms with Crippen molar-refractivity contribution in [2.75, 3.05) is 13.1 Å². The Morgan fingerprint density at radius 1 is 1.12 bits per heavy atom. The van der Waals surface area contributed by atoms with E-state index >= 15 is 0 Å². The van der Waals surface area contributed by atoms with Crippen LogP contribution < -0.4 is 0 Å². The number of fused-ring (bicyclic) bond motifs is 1. The average Bonchev–Trinajstić information content (AvgIpc) is 3.01. The van der Waals surface area contributed by atoms with Crippen LogP contribution >= 0.6 is 11.6 Å². The van der Waals surface area contributed by atoms with Crippen LogP contribution in [0.25, 0.3) is 0 Å². The molecule has 0 aromatic heterocycles. The average molecular weight is 377 g/mol. The van der Waals surface area contributed by atoms with E-state index in [4.69, 9.17) is 11.6 Å². The van der Waals surface area contributed by atoms with E-state index in [0.29, 0.717) is 12.6 Å². The second kappa shape index (κ2) is 6.83. The summed E-state index contributed by atoms with van der Waals surface area (Å²) in [6, 6.07) is 4.68. The number of nitrogens with zero attached hydrogens (tertiary/aromatic N) is 2. The zero-order valence-electron chi connectivity index (χ0n) is 17.2. The highest BCUT2D eigenvalue weighted by Gasteiger charge is 2.37. The fourth-order valence-electron chi connectivity index (χ4n) is 4.53. The largest absolute Gasteiger partial charge is 0.338 e. The van der Waals surface area contributed by atoms with Crippen LogP contribution in [-0.2, 0) is 17.8 Å². The lowest BCUT2D eigenvalue weighted by atomic mass is 9.87. The van der Waals surface area contributed by atoms with E-state index < -0.39 is 0 Å². The van der Waals surface area contributed by atoms with E-state index in [1.165, 1.54) is 29.5 Å². The summed E-state index contributed by atoms with van der Waals surface area (Å²) in [5.74, 6) is 0.224. The van der Waals surface area contributed by atoms with Gasteiger partial charge in [0.25, 0.3) is 0 Å². The minimum absolute atomic E-state index is 0.152. The molecule has 26 heavy (non-hydrogen) atoms. The SMILES string of the molecule is CC(C)(C)C(=O)N1CCc2c(cc(Cl)cc2[C@@H]2CCCN2C(C)(C)C)C1. The maximum atomic E-state index is 12.7. The quantitative estimate of drug-likeness (QED) is 0.672. The van der Waals surface area contributed by atoms with Crippen LogP contribution in [0.1, 0.15) is 77.1 Å². The van der Waals surface area contributed by atoms with Crippen molar-refractivity contribution in [1.82, 2.24) is 9.80 Å². The molecule has 1 fully saturated rings. The first-order valence-corrected chi connectivity index (χ1v) is 10.2. The fourth-order valence-corrected chi connectivity index (χ4v) is 4.78. The Balaban J connectivity index is 1.95. The molecule has 1 amide bonds. The van der Waals surface area contributed by atoms with Crippen LogP contribution in [0.3, 0.4) is 0 Å². The first-order valence-electron chi connectivity index (χ1n) is 9.86. The molecule has 0 bridgehead atoms. The molecule has 4 heteroatoms. The summed E-state index contributed by atoms with van der Waals surface area (Å²) < 4.78 is 0. The van der Waals surface area contributed by atoms with Gasteiger partial charge in [0.05, 0.1) is 0 Å².